The standard InChI is InChI=1S/C17H22N4O2S/c1-12-10-21(8-7-18-12)16(22)6-9-24-11-15-19-14-5-3-2-4-13(14)17(23)20-15/h2-5,12,18H,6-11H2,1H3,(H,19,20,23). The predicted molar refractivity (Wildman–Crippen MR) is 97.2 cm³/mol. The van der Waals surface area contributed by atoms with Gasteiger partial charge in [-0.3, -0.25) is 9.59 Å². The second-order valence-corrected chi connectivity index (χ2v) is 7.13. The smallest absolute Gasteiger partial charge is 0.258 e. The van der Waals surface area contributed by atoms with Crippen molar-refractivity contribution < 1.29 is 4.79 Å². The first-order chi connectivity index (χ1) is 11.6. The van der Waals surface area contributed by atoms with Crippen molar-refractivity contribution in [3.05, 3.63) is 40.4 Å². The lowest BCUT2D eigenvalue weighted by molar-refractivity contribution is -0.131. The SMILES string of the molecule is CC1CN(C(=O)CCSCc2nc3ccccc3c(=O)[nH]2)CCN1. The molecule has 1 aliphatic rings. The molecule has 1 atom stereocenters. The van der Waals surface area contributed by atoms with Gasteiger partial charge in [0, 0.05) is 37.8 Å². The molecule has 6 nitrogen and oxygen atoms in total. The quantitative estimate of drug-likeness (QED) is 0.800. The fourth-order valence-corrected chi connectivity index (χ4v) is 3.64. The van der Waals surface area contributed by atoms with Gasteiger partial charge in [0.05, 0.1) is 16.7 Å². The number of thioether (sulfide) groups is 1. The van der Waals surface area contributed by atoms with Gasteiger partial charge in [-0.05, 0) is 19.1 Å². The molecule has 7 heteroatoms. The normalized spacial score (nSPS) is 18.0. The van der Waals surface area contributed by atoms with Crippen LogP contribution >= 0.6 is 11.8 Å². The average molecular weight is 346 g/mol. The van der Waals surface area contributed by atoms with Crippen LogP contribution in [0.15, 0.2) is 29.1 Å². The molecule has 2 heterocycles. The van der Waals surface area contributed by atoms with E-state index in [1.165, 1.54) is 0 Å². The maximum Gasteiger partial charge on any atom is 0.258 e. The Morgan fingerprint density at radius 1 is 1.42 bits per heavy atom. The molecule has 24 heavy (non-hydrogen) atoms. The zero-order valence-corrected chi connectivity index (χ0v) is 14.6. The van der Waals surface area contributed by atoms with Gasteiger partial charge in [-0.1, -0.05) is 12.1 Å². The topological polar surface area (TPSA) is 78.1 Å². The maximum absolute atomic E-state index is 12.2. The predicted octanol–water partition coefficient (Wildman–Crippen LogP) is 1.37. The third kappa shape index (κ3) is 4.15. The number of aromatic nitrogens is 2. The molecule has 1 fully saturated rings. The molecule has 1 aromatic carbocycles. The highest BCUT2D eigenvalue weighted by Gasteiger charge is 2.19. The Morgan fingerprint density at radius 3 is 3.08 bits per heavy atom. The summed E-state index contributed by atoms with van der Waals surface area (Å²) in [4.78, 5) is 33.4. The summed E-state index contributed by atoms with van der Waals surface area (Å²) in [7, 11) is 0. The molecule has 1 unspecified atom stereocenters. The number of rotatable bonds is 5. The van der Waals surface area contributed by atoms with Gasteiger partial charge in [0.25, 0.3) is 5.56 Å². The van der Waals surface area contributed by atoms with E-state index in [1.54, 1.807) is 17.8 Å². The summed E-state index contributed by atoms with van der Waals surface area (Å²) >= 11 is 1.62. The van der Waals surface area contributed by atoms with E-state index in [0.717, 1.165) is 25.4 Å². The van der Waals surface area contributed by atoms with Gasteiger partial charge in [0.15, 0.2) is 0 Å². The van der Waals surface area contributed by atoms with Crippen LogP contribution in [0.2, 0.25) is 0 Å². The Hall–Kier alpha value is -1.86. The lowest BCUT2D eigenvalue weighted by Crippen LogP contribution is -2.51. The second kappa shape index (κ2) is 7.81. The summed E-state index contributed by atoms with van der Waals surface area (Å²) < 4.78 is 0. The number of H-pyrrole nitrogens is 1. The first-order valence-corrected chi connectivity index (χ1v) is 9.36. The molecule has 0 saturated carbocycles. The number of hydrogen-bond donors (Lipinski definition) is 2. The zero-order valence-electron chi connectivity index (χ0n) is 13.7. The van der Waals surface area contributed by atoms with Crippen molar-refractivity contribution in [1.29, 1.82) is 0 Å². The van der Waals surface area contributed by atoms with E-state index in [9.17, 15) is 9.59 Å². The molecular formula is C17H22N4O2S. The molecule has 128 valence electrons. The van der Waals surface area contributed by atoms with Crippen LogP contribution in [-0.4, -0.2) is 52.2 Å². The number of piperazine rings is 1. The first-order valence-electron chi connectivity index (χ1n) is 8.20. The van der Waals surface area contributed by atoms with Crippen molar-refractivity contribution in [2.24, 2.45) is 0 Å². The van der Waals surface area contributed by atoms with Gasteiger partial charge in [0.2, 0.25) is 5.91 Å². The van der Waals surface area contributed by atoms with Crippen LogP contribution in [0.5, 0.6) is 0 Å². The minimum absolute atomic E-state index is 0.109. The Balaban J connectivity index is 1.50. The molecule has 0 bridgehead atoms. The second-order valence-electron chi connectivity index (χ2n) is 6.03. The molecule has 1 saturated heterocycles. The van der Waals surface area contributed by atoms with Crippen LogP contribution in [0.4, 0.5) is 0 Å². The molecule has 3 rings (SSSR count). The molecule has 2 N–H and O–H groups in total. The molecule has 0 aliphatic carbocycles. The number of nitrogens with zero attached hydrogens (tertiary/aromatic N) is 2. The van der Waals surface area contributed by atoms with Crippen molar-refractivity contribution in [1.82, 2.24) is 20.2 Å². The Kier molecular flexibility index (Phi) is 5.52. The molecule has 1 aliphatic heterocycles. The van der Waals surface area contributed by atoms with E-state index in [-0.39, 0.29) is 11.5 Å². The van der Waals surface area contributed by atoms with Crippen LogP contribution in [0.25, 0.3) is 10.9 Å². The van der Waals surface area contributed by atoms with Crippen molar-refractivity contribution >= 4 is 28.6 Å². The number of hydrogen-bond acceptors (Lipinski definition) is 5. The lowest BCUT2D eigenvalue weighted by Gasteiger charge is -2.31. The number of nitrogens with one attached hydrogen (secondary N) is 2. The van der Waals surface area contributed by atoms with Crippen molar-refractivity contribution in [2.75, 3.05) is 25.4 Å². The fourth-order valence-electron chi connectivity index (χ4n) is 2.85. The number of amides is 1. The van der Waals surface area contributed by atoms with Gasteiger partial charge in [-0.25, -0.2) is 4.98 Å². The minimum atomic E-state index is -0.109. The monoisotopic (exact) mass is 346 g/mol. The average Bonchev–Trinajstić information content (AvgIpc) is 2.58. The van der Waals surface area contributed by atoms with E-state index in [4.69, 9.17) is 0 Å². The number of fused-ring (bicyclic) bond motifs is 1. The van der Waals surface area contributed by atoms with Crippen molar-refractivity contribution in [2.45, 2.75) is 25.1 Å². The van der Waals surface area contributed by atoms with E-state index in [1.807, 2.05) is 23.1 Å². The number of benzene rings is 1. The summed E-state index contributed by atoms with van der Waals surface area (Å²) in [5.74, 6) is 2.20. The highest BCUT2D eigenvalue weighted by atomic mass is 32.2. The van der Waals surface area contributed by atoms with Crippen LogP contribution in [0.1, 0.15) is 19.2 Å². The molecule has 1 amide bonds. The van der Waals surface area contributed by atoms with Crippen LogP contribution in [-0.2, 0) is 10.5 Å². The van der Waals surface area contributed by atoms with Crippen LogP contribution < -0.4 is 10.9 Å². The van der Waals surface area contributed by atoms with E-state index < -0.39 is 0 Å². The van der Waals surface area contributed by atoms with Gasteiger partial charge in [-0.15, -0.1) is 0 Å². The Bertz CT molecular complexity index is 777. The van der Waals surface area contributed by atoms with Gasteiger partial charge in [-0.2, -0.15) is 11.8 Å². The summed E-state index contributed by atoms with van der Waals surface area (Å²) in [5.41, 5.74) is 0.602. The van der Waals surface area contributed by atoms with Gasteiger partial charge < -0.3 is 15.2 Å². The van der Waals surface area contributed by atoms with Crippen LogP contribution in [0.3, 0.4) is 0 Å². The molecule has 2 aromatic rings. The fraction of sp³-hybridized carbons (Fsp3) is 0.471. The highest BCUT2D eigenvalue weighted by Crippen LogP contribution is 2.13. The largest absolute Gasteiger partial charge is 0.340 e. The summed E-state index contributed by atoms with van der Waals surface area (Å²) in [5, 5.41) is 3.94. The van der Waals surface area contributed by atoms with E-state index in [0.29, 0.717) is 34.9 Å². The summed E-state index contributed by atoms with van der Waals surface area (Å²) in [6.07, 6.45) is 0.523. The van der Waals surface area contributed by atoms with Gasteiger partial charge in [0.1, 0.15) is 5.82 Å². The minimum Gasteiger partial charge on any atom is -0.340 e. The maximum atomic E-state index is 12.2. The summed E-state index contributed by atoms with van der Waals surface area (Å²) in [6, 6.07) is 7.68. The first kappa shape index (κ1) is 17.0. The van der Waals surface area contributed by atoms with Crippen LogP contribution in [0, 0.1) is 0 Å². The lowest BCUT2D eigenvalue weighted by atomic mass is 10.2. The Labute approximate surface area is 145 Å². The number of carbonyl (C=O) groups excluding carboxylic acids is 1. The third-order valence-corrected chi connectivity index (χ3v) is 5.05. The highest BCUT2D eigenvalue weighted by molar-refractivity contribution is 7.98. The van der Waals surface area contributed by atoms with Crippen molar-refractivity contribution in [3.8, 4) is 0 Å². The Morgan fingerprint density at radius 2 is 2.25 bits per heavy atom. The molecule has 1 aromatic heterocycles. The van der Waals surface area contributed by atoms with Gasteiger partial charge >= 0.3 is 0 Å². The number of carbonyl (C=O) groups is 1. The van der Waals surface area contributed by atoms with Crippen molar-refractivity contribution in [3.63, 3.8) is 0 Å². The molecule has 0 radical (unpaired) electrons. The molecular weight excluding hydrogens is 324 g/mol. The summed E-state index contributed by atoms with van der Waals surface area (Å²) in [6.45, 7) is 4.52. The van der Waals surface area contributed by atoms with E-state index in [2.05, 4.69) is 22.2 Å². The number of aromatic amines is 1. The third-order valence-electron chi connectivity index (χ3n) is 4.08. The number of para-hydroxylation sites is 1. The zero-order chi connectivity index (χ0) is 16.9. The molecule has 0 spiro atoms. The van der Waals surface area contributed by atoms with E-state index >= 15 is 0 Å².